The van der Waals surface area contributed by atoms with Crippen LogP contribution < -0.4 is 11.1 Å². The first kappa shape index (κ1) is 13.1. The lowest BCUT2D eigenvalue weighted by Gasteiger charge is -2.09. The molecule has 0 aliphatic heterocycles. The molecule has 0 aromatic heterocycles. The molecule has 1 amide bonds. The van der Waals surface area contributed by atoms with Gasteiger partial charge in [0.15, 0.2) is 0 Å². The number of hydrogen-bond donors (Lipinski definition) is 2. The maximum atomic E-state index is 13.3. The van der Waals surface area contributed by atoms with Crippen LogP contribution in [0, 0.1) is 12.7 Å². The number of amides is 1. The number of hydrogen-bond acceptors (Lipinski definition) is 2. The molecular weight excluding hydrogens is 243 g/mol. The predicted octanol–water partition coefficient (Wildman–Crippen LogP) is 2.90. The third kappa shape index (κ3) is 3.31. The number of nitrogens with one attached hydrogen (secondary N) is 1. The van der Waals surface area contributed by atoms with E-state index in [2.05, 4.69) is 5.32 Å². The number of rotatable bonds is 3. The number of nitrogen functional groups attached to an aromatic ring is 1. The van der Waals surface area contributed by atoms with Gasteiger partial charge in [-0.15, -0.1) is 0 Å². The molecule has 0 aliphatic carbocycles. The minimum absolute atomic E-state index is 0.182. The largest absolute Gasteiger partial charge is 0.399 e. The quantitative estimate of drug-likeness (QED) is 0.832. The average molecular weight is 258 g/mol. The van der Waals surface area contributed by atoms with Gasteiger partial charge >= 0.3 is 0 Å². The highest BCUT2D eigenvalue weighted by molar-refractivity contribution is 5.93. The first-order valence-electron chi connectivity index (χ1n) is 5.95. The smallest absolute Gasteiger partial charge is 0.228 e. The molecule has 4 heteroatoms. The minimum Gasteiger partial charge on any atom is -0.399 e. The van der Waals surface area contributed by atoms with E-state index in [0.29, 0.717) is 16.9 Å². The van der Waals surface area contributed by atoms with Crippen molar-refractivity contribution >= 4 is 17.3 Å². The predicted molar refractivity (Wildman–Crippen MR) is 74.3 cm³/mol. The number of benzene rings is 2. The van der Waals surface area contributed by atoms with Gasteiger partial charge in [0, 0.05) is 16.9 Å². The zero-order valence-electron chi connectivity index (χ0n) is 10.6. The van der Waals surface area contributed by atoms with Crippen LogP contribution in [0.5, 0.6) is 0 Å². The zero-order chi connectivity index (χ0) is 13.8. The topological polar surface area (TPSA) is 55.1 Å². The Morgan fingerprint density at radius 3 is 2.58 bits per heavy atom. The summed E-state index contributed by atoms with van der Waals surface area (Å²) >= 11 is 0. The number of halogens is 1. The van der Waals surface area contributed by atoms with Gasteiger partial charge in [0.1, 0.15) is 5.82 Å². The van der Waals surface area contributed by atoms with Crippen molar-refractivity contribution in [2.75, 3.05) is 11.1 Å². The highest BCUT2D eigenvalue weighted by atomic mass is 19.1. The number of anilines is 2. The van der Waals surface area contributed by atoms with Gasteiger partial charge in [-0.2, -0.15) is 0 Å². The summed E-state index contributed by atoms with van der Waals surface area (Å²) in [6, 6.07) is 11.7. The second kappa shape index (κ2) is 5.52. The lowest BCUT2D eigenvalue weighted by atomic mass is 10.1. The van der Waals surface area contributed by atoms with Crippen LogP contribution in [0.2, 0.25) is 0 Å². The molecule has 0 unspecified atom stereocenters. The molecule has 0 atom stereocenters. The zero-order valence-corrected chi connectivity index (χ0v) is 10.6. The van der Waals surface area contributed by atoms with Gasteiger partial charge in [-0.25, -0.2) is 4.39 Å². The van der Waals surface area contributed by atoms with Gasteiger partial charge in [0.05, 0.1) is 6.42 Å². The molecule has 0 saturated heterocycles. The lowest BCUT2D eigenvalue weighted by molar-refractivity contribution is -0.115. The Labute approximate surface area is 111 Å². The van der Waals surface area contributed by atoms with Crippen molar-refractivity contribution in [3.8, 4) is 0 Å². The van der Waals surface area contributed by atoms with Crippen LogP contribution in [-0.2, 0) is 11.2 Å². The van der Waals surface area contributed by atoms with Crippen LogP contribution in [0.25, 0.3) is 0 Å². The maximum Gasteiger partial charge on any atom is 0.228 e. The van der Waals surface area contributed by atoms with Crippen LogP contribution >= 0.6 is 0 Å². The van der Waals surface area contributed by atoms with Crippen molar-refractivity contribution in [2.24, 2.45) is 0 Å². The van der Waals surface area contributed by atoms with Gasteiger partial charge in [-0.1, -0.05) is 18.2 Å². The number of nitrogens with two attached hydrogens (primary N) is 1. The van der Waals surface area contributed by atoms with E-state index >= 15 is 0 Å². The molecule has 2 rings (SSSR count). The van der Waals surface area contributed by atoms with Crippen molar-refractivity contribution in [2.45, 2.75) is 13.3 Å². The summed E-state index contributed by atoms with van der Waals surface area (Å²) in [5.41, 5.74) is 8.03. The molecule has 19 heavy (non-hydrogen) atoms. The molecule has 0 spiro atoms. The fourth-order valence-electron chi connectivity index (χ4n) is 1.76. The number of carbonyl (C=O) groups excluding carboxylic acids is 1. The SMILES string of the molecule is Cc1c(F)cccc1NC(=O)Cc1ccc(N)cc1. The molecule has 0 heterocycles. The molecule has 3 N–H and O–H groups in total. The molecule has 0 bridgehead atoms. The first-order chi connectivity index (χ1) is 9.06. The van der Waals surface area contributed by atoms with Crippen LogP contribution in [0.1, 0.15) is 11.1 Å². The summed E-state index contributed by atoms with van der Waals surface area (Å²) in [4.78, 5) is 11.9. The number of carbonyl (C=O) groups is 1. The van der Waals surface area contributed by atoms with Crippen LogP contribution in [0.15, 0.2) is 42.5 Å². The fraction of sp³-hybridized carbons (Fsp3) is 0.133. The fourth-order valence-corrected chi connectivity index (χ4v) is 1.76. The van der Waals surface area contributed by atoms with E-state index in [1.54, 1.807) is 43.3 Å². The Kier molecular flexibility index (Phi) is 3.80. The van der Waals surface area contributed by atoms with Crippen molar-refractivity contribution in [3.05, 3.63) is 59.4 Å². The maximum absolute atomic E-state index is 13.3. The highest BCUT2D eigenvalue weighted by Crippen LogP contribution is 2.17. The average Bonchev–Trinajstić information content (AvgIpc) is 2.38. The summed E-state index contributed by atoms with van der Waals surface area (Å²) in [6.45, 7) is 1.63. The summed E-state index contributed by atoms with van der Waals surface area (Å²) in [5.74, 6) is -0.510. The van der Waals surface area contributed by atoms with Crippen molar-refractivity contribution in [3.63, 3.8) is 0 Å². The Bertz CT molecular complexity index is 594. The normalized spacial score (nSPS) is 10.2. The summed E-state index contributed by atoms with van der Waals surface area (Å²) in [5, 5.41) is 2.70. The van der Waals surface area contributed by atoms with E-state index in [9.17, 15) is 9.18 Å². The minimum atomic E-state index is -0.328. The Morgan fingerprint density at radius 2 is 1.89 bits per heavy atom. The van der Waals surface area contributed by atoms with E-state index < -0.39 is 0 Å². The van der Waals surface area contributed by atoms with Crippen LogP contribution in [-0.4, -0.2) is 5.91 Å². The Hall–Kier alpha value is -2.36. The first-order valence-corrected chi connectivity index (χ1v) is 5.95. The molecule has 0 radical (unpaired) electrons. The molecule has 98 valence electrons. The third-order valence-corrected chi connectivity index (χ3v) is 2.89. The molecule has 2 aromatic rings. The van der Waals surface area contributed by atoms with Crippen molar-refractivity contribution in [1.82, 2.24) is 0 Å². The van der Waals surface area contributed by atoms with Gasteiger partial charge in [0.25, 0.3) is 0 Å². The molecular formula is C15H15FN2O. The Balaban J connectivity index is 2.05. The lowest BCUT2D eigenvalue weighted by Crippen LogP contribution is -2.15. The van der Waals surface area contributed by atoms with Crippen molar-refractivity contribution in [1.29, 1.82) is 0 Å². The third-order valence-electron chi connectivity index (χ3n) is 2.89. The standard InChI is InChI=1S/C15H15FN2O/c1-10-13(16)3-2-4-14(10)18-15(19)9-11-5-7-12(17)8-6-11/h2-8H,9,17H2,1H3,(H,18,19). The summed E-state index contributed by atoms with van der Waals surface area (Å²) in [6.07, 6.45) is 0.232. The van der Waals surface area contributed by atoms with E-state index in [4.69, 9.17) is 5.73 Å². The van der Waals surface area contributed by atoms with E-state index in [1.807, 2.05) is 0 Å². The molecule has 3 nitrogen and oxygen atoms in total. The summed E-state index contributed by atoms with van der Waals surface area (Å²) in [7, 11) is 0. The van der Waals surface area contributed by atoms with Gasteiger partial charge in [-0.3, -0.25) is 4.79 Å². The van der Waals surface area contributed by atoms with E-state index in [0.717, 1.165) is 5.56 Å². The highest BCUT2D eigenvalue weighted by Gasteiger charge is 2.08. The van der Waals surface area contributed by atoms with Gasteiger partial charge in [0.2, 0.25) is 5.91 Å². The molecule has 0 fully saturated rings. The van der Waals surface area contributed by atoms with Crippen molar-refractivity contribution < 1.29 is 9.18 Å². The van der Waals surface area contributed by atoms with E-state index in [-0.39, 0.29) is 18.1 Å². The monoisotopic (exact) mass is 258 g/mol. The Morgan fingerprint density at radius 1 is 1.21 bits per heavy atom. The van der Waals surface area contributed by atoms with Gasteiger partial charge < -0.3 is 11.1 Å². The van der Waals surface area contributed by atoms with E-state index in [1.165, 1.54) is 6.07 Å². The molecule has 0 aliphatic rings. The second-order valence-corrected chi connectivity index (χ2v) is 4.38. The second-order valence-electron chi connectivity index (χ2n) is 4.38. The van der Waals surface area contributed by atoms with Crippen LogP contribution in [0.3, 0.4) is 0 Å². The summed E-state index contributed by atoms with van der Waals surface area (Å²) < 4.78 is 13.3. The van der Waals surface area contributed by atoms with Crippen LogP contribution in [0.4, 0.5) is 15.8 Å². The molecule has 2 aromatic carbocycles. The molecule has 0 saturated carbocycles. The van der Waals surface area contributed by atoms with Gasteiger partial charge in [-0.05, 0) is 36.8 Å².